The van der Waals surface area contributed by atoms with Gasteiger partial charge in [-0.3, -0.25) is 9.59 Å². The summed E-state index contributed by atoms with van der Waals surface area (Å²) in [5.41, 5.74) is 3.14. The van der Waals surface area contributed by atoms with Crippen LogP contribution < -0.4 is 5.32 Å². The standard InChI is InChI=1S/C18H18ClNO3/c1-2-23-18(22)13-10-15(11-6-8-12(19)9-7-11)20-14-4-3-5-16(21)17(13)14/h6-10,13,20H,2-5H2,1H3. The van der Waals surface area contributed by atoms with Gasteiger partial charge in [0.25, 0.3) is 0 Å². The van der Waals surface area contributed by atoms with Crippen molar-refractivity contribution >= 4 is 29.1 Å². The van der Waals surface area contributed by atoms with Gasteiger partial charge in [0.1, 0.15) is 5.92 Å². The normalized spacial score (nSPS) is 20.5. The minimum absolute atomic E-state index is 0.0307. The van der Waals surface area contributed by atoms with E-state index in [1.165, 1.54) is 0 Å². The largest absolute Gasteiger partial charge is 0.465 e. The van der Waals surface area contributed by atoms with Crippen molar-refractivity contribution in [1.29, 1.82) is 0 Å². The molecule has 2 aliphatic rings. The van der Waals surface area contributed by atoms with Crippen LogP contribution in [0.25, 0.3) is 5.70 Å². The average molecular weight is 332 g/mol. The molecule has 1 aliphatic heterocycles. The summed E-state index contributed by atoms with van der Waals surface area (Å²) >= 11 is 5.93. The summed E-state index contributed by atoms with van der Waals surface area (Å²) in [4.78, 5) is 24.6. The molecule has 0 amide bonds. The first-order valence-corrected chi connectivity index (χ1v) is 8.15. The highest BCUT2D eigenvalue weighted by molar-refractivity contribution is 6.30. The molecule has 0 bridgehead atoms. The number of carbonyl (C=O) groups excluding carboxylic acids is 2. The van der Waals surface area contributed by atoms with E-state index in [2.05, 4.69) is 5.32 Å². The molecular formula is C18H18ClNO3. The van der Waals surface area contributed by atoms with Gasteiger partial charge in [0.2, 0.25) is 0 Å². The van der Waals surface area contributed by atoms with Gasteiger partial charge in [0.15, 0.2) is 5.78 Å². The second-order valence-corrected chi connectivity index (χ2v) is 6.05. The fraction of sp³-hybridized carbons (Fsp3) is 0.333. The van der Waals surface area contributed by atoms with Crippen LogP contribution in [0, 0.1) is 5.92 Å². The third kappa shape index (κ3) is 3.17. The lowest BCUT2D eigenvalue weighted by Gasteiger charge is -2.30. The fourth-order valence-electron chi connectivity index (χ4n) is 3.02. The zero-order chi connectivity index (χ0) is 16.4. The van der Waals surface area contributed by atoms with Crippen molar-refractivity contribution in [3.63, 3.8) is 0 Å². The van der Waals surface area contributed by atoms with Crippen LogP contribution in [0.4, 0.5) is 0 Å². The van der Waals surface area contributed by atoms with Crippen LogP contribution in [0.5, 0.6) is 0 Å². The van der Waals surface area contributed by atoms with Crippen LogP contribution in [-0.4, -0.2) is 18.4 Å². The number of allylic oxidation sites excluding steroid dienone is 1. The maximum Gasteiger partial charge on any atom is 0.317 e. The van der Waals surface area contributed by atoms with E-state index in [9.17, 15) is 9.59 Å². The maximum atomic E-state index is 12.3. The van der Waals surface area contributed by atoms with Crippen LogP contribution in [0.2, 0.25) is 5.02 Å². The third-order valence-electron chi connectivity index (χ3n) is 4.08. The lowest BCUT2D eigenvalue weighted by Crippen LogP contribution is -2.33. The Hall–Kier alpha value is -2.07. The topological polar surface area (TPSA) is 55.4 Å². The molecule has 0 saturated heterocycles. The van der Waals surface area contributed by atoms with E-state index in [0.29, 0.717) is 23.6 Å². The first-order valence-electron chi connectivity index (χ1n) is 7.77. The molecule has 0 aromatic heterocycles. The van der Waals surface area contributed by atoms with E-state index >= 15 is 0 Å². The van der Waals surface area contributed by atoms with E-state index < -0.39 is 5.92 Å². The van der Waals surface area contributed by atoms with E-state index in [4.69, 9.17) is 16.3 Å². The van der Waals surface area contributed by atoms with Crippen LogP contribution >= 0.6 is 11.6 Å². The minimum Gasteiger partial charge on any atom is -0.465 e. The van der Waals surface area contributed by atoms with E-state index in [1.807, 2.05) is 12.1 Å². The lowest BCUT2D eigenvalue weighted by atomic mass is 9.82. The Balaban J connectivity index is 2.00. The highest BCUT2D eigenvalue weighted by Crippen LogP contribution is 2.34. The molecule has 1 heterocycles. The highest BCUT2D eigenvalue weighted by Gasteiger charge is 2.35. The number of carbonyl (C=O) groups is 2. The van der Waals surface area contributed by atoms with Crippen LogP contribution in [0.3, 0.4) is 0 Å². The molecule has 1 atom stereocenters. The molecule has 1 aromatic rings. The fourth-order valence-corrected chi connectivity index (χ4v) is 3.15. The number of Topliss-reactive ketones (excluding diaryl/α,β-unsaturated/α-hetero) is 1. The number of dihydropyridines is 1. The molecule has 5 heteroatoms. The number of esters is 1. The smallest absolute Gasteiger partial charge is 0.317 e. The molecule has 0 spiro atoms. The van der Waals surface area contributed by atoms with Crippen molar-refractivity contribution in [3.8, 4) is 0 Å². The first-order chi connectivity index (χ1) is 11.1. The molecule has 4 nitrogen and oxygen atoms in total. The van der Waals surface area contributed by atoms with Crippen molar-refractivity contribution in [3.05, 3.63) is 52.2 Å². The Labute approximate surface area is 140 Å². The van der Waals surface area contributed by atoms with E-state index in [-0.39, 0.29) is 11.8 Å². The van der Waals surface area contributed by atoms with Gasteiger partial charge < -0.3 is 10.1 Å². The summed E-state index contributed by atoms with van der Waals surface area (Å²) in [6.07, 6.45) is 3.83. The Bertz CT molecular complexity index is 703. The maximum absolute atomic E-state index is 12.3. The lowest BCUT2D eigenvalue weighted by molar-refractivity contribution is -0.146. The molecule has 1 unspecified atom stereocenters. The van der Waals surface area contributed by atoms with Gasteiger partial charge in [-0.25, -0.2) is 0 Å². The van der Waals surface area contributed by atoms with Gasteiger partial charge in [-0.15, -0.1) is 0 Å². The number of rotatable bonds is 3. The predicted octanol–water partition coefficient (Wildman–Crippen LogP) is 3.47. The zero-order valence-electron chi connectivity index (χ0n) is 12.9. The molecule has 1 N–H and O–H groups in total. The molecule has 0 radical (unpaired) electrons. The summed E-state index contributed by atoms with van der Waals surface area (Å²) in [5.74, 6) is -0.976. The average Bonchev–Trinajstić information content (AvgIpc) is 2.55. The number of halogens is 1. The Morgan fingerprint density at radius 3 is 2.74 bits per heavy atom. The SMILES string of the molecule is CCOC(=O)C1C=C(c2ccc(Cl)cc2)NC2=C1C(=O)CCC2. The van der Waals surface area contributed by atoms with Crippen LogP contribution in [0.1, 0.15) is 31.7 Å². The molecule has 3 rings (SSSR count). The summed E-state index contributed by atoms with van der Waals surface area (Å²) in [6.45, 7) is 2.06. The van der Waals surface area contributed by atoms with Crippen molar-refractivity contribution in [2.45, 2.75) is 26.2 Å². The van der Waals surface area contributed by atoms with Crippen molar-refractivity contribution in [2.75, 3.05) is 6.61 Å². The summed E-state index contributed by atoms with van der Waals surface area (Å²) in [7, 11) is 0. The number of hydrogen-bond donors (Lipinski definition) is 1. The number of ketones is 1. The molecule has 1 aromatic carbocycles. The van der Waals surface area contributed by atoms with Crippen LogP contribution in [-0.2, 0) is 14.3 Å². The Morgan fingerprint density at radius 2 is 2.04 bits per heavy atom. The first kappa shape index (κ1) is 15.8. The van der Waals surface area contributed by atoms with Gasteiger partial charge in [-0.1, -0.05) is 23.7 Å². The van der Waals surface area contributed by atoms with Gasteiger partial charge in [-0.2, -0.15) is 0 Å². The van der Waals surface area contributed by atoms with Gasteiger partial charge >= 0.3 is 5.97 Å². The highest BCUT2D eigenvalue weighted by atomic mass is 35.5. The second-order valence-electron chi connectivity index (χ2n) is 5.61. The number of hydrogen-bond acceptors (Lipinski definition) is 4. The molecule has 23 heavy (non-hydrogen) atoms. The minimum atomic E-state index is -0.635. The van der Waals surface area contributed by atoms with E-state index in [0.717, 1.165) is 29.8 Å². The van der Waals surface area contributed by atoms with Gasteiger partial charge in [0.05, 0.1) is 6.61 Å². The Kier molecular flexibility index (Phi) is 4.53. The van der Waals surface area contributed by atoms with Gasteiger partial charge in [0, 0.05) is 28.4 Å². The predicted molar refractivity (Wildman–Crippen MR) is 88.6 cm³/mol. The van der Waals surface area contributed by atoms with Crippen molar-refractivity contribution in [2.24, 2.45) is 5.92 Å². The number of benzene rings is 1. The number of nitrogens with one attached hydrogen (secondary N) is 1. The molecule has 0 saturated carbocycles. The number of ether oxygens (including phenoxy) is 1. The molecular weight excluding hydrogens is 314 g/mol. The van der Waals surface area contributed by atoms with Crippen LogP contribution in [0.15, 0.2) is 41.6 Å². The zero-order valence-corrected chi connectivity index (χ0v) is 13.7. The monoisotopic (exact) mass is 331 g/mol. The quantitative estimate of drug-likeness (QED) is 0.862. The van der Waals surface area contributed by atoms with E-state index in [1.54, 1.807) is 25.1 Å². The Morgan fingerprint density at radius 1 is 1.30 bits per heavy atom. The van der Waals surface area contributed by atoms with Crippen molar-refractivity contribution < 1.29 is 14.3 Å². The molecule has 1 aliphatic carbocycles. The summed E-state index contributed by atoms with van der Waals surface area (Å²) in [5, 5.41) is 3.97. The summed E-state index contributed by atoms with van der Waals surface area (Å²) in [6, 6.07) is 7.38. The summed E-state index contributed by atoms with van der Waals surface area (Å²) < 4.78 is 5.16. The van der Waals surface area contributed by atoms with Crippen molar-refractivity contribution in [1.82, 2.24) is 5.32 Å². The molecule has 120 valence electrons. The van der Waals surface area contributed by atoms with Gasteiger partial charge in [-0.05, 0) is 43.5 Å². The molecule has 0 fully saturated rings. The second kappa shape index (κ2) is 6.59. The third-order valence-corrected chi connectivity index (χ3v) is 4.33.